The van der Waals surface area contributed by atoms with Crippen molar-refractivity contribution in [3.8, 4) is 0 Å². The molecule has 0 saturated carbocycles. The molecule has 0 spiro atoms. The molecule has 0 aromatic rings. The molecule has 1 aliphatic rings. The lowest BCUT2D eigenvalue weighted by Crippen LogP contribution is -2.50. The number of amides is 2. The molecule has 0 N–H and O–H groups in total. The second-order valence-electron chi connectivity index (χ2n) is 4.32. The molecular formula is C12H22N2O2. The molecule has 1 atom stereocenters. The summed E-state index contributed by atoms with van der Waals surface area (Å²) in [6, 6.07) is 0.209. The summed E-state index contributed by atoms with van der Waals surface area (Å²) >= 11 is 0. The largest absolute Gasteiger partial charge is 0.335 e. The number of hydrogen-bond donors (Lipinski definition) is 0. The summed E-state index contributed by atoms with van der Waals surface area (Å²) in [4.78, 5) is 27.2. The first-order valence-electron chi connectivity index (χ1n) is 6.21. The highest BCUT2D eigenvalue weighted by molar-refractivity contribution is 6.35. The molecule has 0 aliphatic carbocycles. The number of piperidine rings is 1. The highest BCUT2D eigenvalue weighted by Gasteiger charge is 2.30. The predicted molar refractivity (Wildman–Crippen MR) is 63.0 cm³/mol. The molecule has 92 valence electrons. The first-order chi connectivity index (χ1) is 7.61. The van der Waals surface area contributed by atoms with Crippen LogP contribution in [0.4, 0.5) is 0 Å². The van der Waals surface area contributed by atoms with Gasteiger partial charge in [-0.15, -0.1) is 0 Å². The predicted octanol–water partition coefficient (Wildman–Crippen LogP) is 1.26. The van der Waals surface area contributed by atoms with Gasteiger partial charge in [-0.25, -0.2) is 0 Å². The minimum Gasteiger partial charge on any atom is -0.335 e. The number of carbonyl (C=O) groups excluding carboxylic acids is 2. The van der Waals surface area contributed by atoms with Gasteiger partial charge in [0.25, 0.3) is 0 Å². The van der Waals surface area contributed by atoms with Crippen LogP contribution in [-0.4, -0.2) is 47.3 Å². The number of likely N-dealkylation sites (N-methyl/N-ethyl adjacent to an activating group) is 1. The Morgan fingerprint density at radius 1 is 1.25 bits per heavy atom. The van der Waals surface area contributed by atoms with E-state index >= 15 is 0 Å². The molecular weight excluding hydrogens is 204 g/mol. The summed E-state index contributed by atoms with van der Waals surface area (Å²) in [5, 5.41) is 0. The number of hydrogen-bond acceptors (Lipinski definition) is 2. The van der Waals surface area contributed by atoms with Gasteiger partial charge in [-0.05, 0) is 40.0 Å². The van der Waals surface area contributed by atoms with Gasteiger partial charge in [0.2, 0.25) is 0 Å². The average molecular weight is 226 g/mol. The van der Waals surface area contributed by atoms with Gasteiger partial charge in [0, 0.05) is 25.7 Å². The van der Waals surface area contributed by atoms with Crippen LogP contribution in [0.2, 0.25) is 0 Å². The van der Waals surface area contributed by atoms with E-state index in [0.717, 1.165) is 25.8 Å². The van der Waals surface area contributed by atoms with Gasteiger partial charge in [-0.2, -0.15) is 0 Å². The molecule has 0 aromatic heterocycles. The maximum atomic E-state index is 12.0. The van der Waals surface area contributed by atoms with Crippen LogP contribution in [0.5, 0.6) is 0 Å². The van der Waals surface area contributed by atoms with E-state index < -0.39 is 0 Å². The molecule has 1 unspecified atom stereocenters. The second-order valence-corrected chi connectivity index (χ2v) is 4.32. The Labute approximate surface area is 97.6 Å². The zero-order valence-corrected chi connectivity index (χ0v) is 10.5. The minimum atomic E-state index is -0.348. The first kappa shape index (κ1) is 13.0. The van der Waals surface area contributed by atoms with Gasteiger partial charge in [0.1, 0.15) is 0 Å². The summed E-state index contributed by atoms with van der Waals surface area (Å²) in [5.74, 6) is -0.672. The zero-order chi connectivity index (χ0) is 12.1. The van der Waals surface area contributed by atoms with Crippen molar-refractivity contribution in [3.05, 3.63) is 0 Å². The van der Waals surface area contributed by atoms with Crippen molar-refractivity contribution in [1.82, 2.24) is 9.80 Å². The highest BCUT2D eigenvalue weighted by Crippen LogP contribution is 2.16. The molecule has 1 heterocycles. The van der Waals surface area contributed by atoms with Crippen LogP contribution in [0.15, 0.2) is 0 Å². The summed E-state index contributed by atoms with van der Waals surface area (Å²) in [6.45, 7) is 7.74. The molecule has 4 nitrogen and oxygen atoms in total. The van der Waals surface area contributed by atoms with Crippen LogP contribution < -0.4 is 0 Å². The van der Waals surface area contributed by atoms with Crippen molar-refractivity contribution in [1.29, 1.82) is 0 Å². The van der Waals surface area contributed by atoms with Crippen molar-refractivity contribution in [2.75, 3.05) is 19.6 Å². The van der Waals surface area contributed by atoms with Gasteiger partial charge in [0.05, 0.1) is 0 Å². The van der Waals surface area contributed by atoms with Crippen molar-refractivity contribution in [3.63, 3.8) is 0 Å². The smallest absolute Gasteiger partial charge is 0.312 e. The Morgan fingerprint density at radius 3 is 2.38 bits per heavy atom. The van der Waals surface area contributed by atoms with Gasteiger partial charge < -0.3 is 9.80 Å². The van der Waals surface area contributed by atoms with Gasteiger partial charge in [-0.3, -0.25) is 9.59 Å². The Balaban J connectivity index is 2.65. The van der Waals surface area contributed by atoms with Gasteiger partial charge >= 0.3 is 11.8 Å². The van der Waals surface area contributed by atoms with Crippen molar-refractivity contribution >= 4 is 11.8 Å². The molecule has 0 bridgehead atoms. The van der Waals surface area contributed by atoms with E-state index in [1.807, 2.05) is 20.8 Å². The number of likely N-dealkylation sites (tertiary alicyclic amines) is 1. The fourth-order valence-corrected chi connectivity index (χ4v) is 2.17. The SMILES string of the molecule is CCN(CC)C(=O)C(=O)N1CCCCC1C. The molecule has 4 heteroatoms. The quantitative estimate of drug-likeness (QED) is 0.665. The highest BCUT2D eigenvalue weighted by atomic mass is 16.2. The van der Waals surface area contributed by atoms with Crippen LogP contribution in [0.1, 0.15) is 40.0 Å². The Bertz CT molecular complexity index is 262. The van der Waals surface area contributed by atoms with Crippen LogP contribution >= 0.6 is 0 Å². The van der Waals surface area contributed by atoms with Crippen molar-refractivity contribution < 1.29 is 9.59 Å². The van der Waals surface area contributed by atoms with Crippen LogP contribution in [0.3, 0.4) is 0 Å². The van der Waals surface area contributed by atoms with Gasteiger partial charge in [0.15, 0.2) is 0 Å². The van der Waals surface area contributed by atoms with Crippen LogP contribution in [0, 0.1) is 0 Å². The summed E-state index contributed by atoms with van der Waals surface area (Å²) in [6.07, 6.45) is 3.18. The Hall–Kier alpha value is -1.06. The third kappa shape index (κ3) is 2.74. The standard InChI is InChI=1S/C12H22N2O2/c1-4-13(5-2)11(15)12(16)14-9-7-6-8-10(14)3/h10H,4-9H2,1-3H3. The van der Waals surface area contributed by atoms with E-state index in [0.29, 0.717) is 13.1 Å². The lowest BCUT2D eigenvalue weighted by atomic mass is 10.0. The summed E-state index contributed by atoms with van der Waals surface area (Å²) in [7, 11) is 0. The number of nitrogens with zero attached hydrogens (tertiary/aromatic N) is 2. The maximum absolute atomic E-state index is 12.0. The fourth-order valence-electron chi connectivity index (χ4n) is 2.17. The summed E-state index contributed by atoms with van der Waals surface area (Å²) in [5.41, 5.74) is 0. The van der Waals surface area contributed by atoms with Crippen LogP contribution in [0.25, 0.3) is 0 Å². The average Bonchev–Trinajstić information content (AvgIpc) is 2.30. The molecule has 1 rings (SSSR count). The molecule has 1 aliphatic heterocycles. The second kappa shape index (κ2) is 5.87. The minimum absolute atomic E-state index is 0.209. The number of rotatable bonds is 2. The van der Waals surface area contributed by atoms with E-state index in [-0.39, 0.29) is 17.9 Å². The van der Waals surface area contributed by atoms with Crippen LogP contribution in [-0.2, 0) is 9.59 Å². The van der Waals surface area contributed by atoms with Crippen molar-refractivity contribution in [2.24, 2.45) is 0 Å². The maximum Gasteiger partial charge on any atom is 0.312 e. The fraction of sp³-hybridized carbons (Fsp3) is 0.833. The third-order valence-electron chi connectivity index (χ3n) is 3.30. The van der Waals surface area contributed by atoms with E-state index in [4.69, 9.17) is 0 Å². The topological polar surface area (TPSA) is 40.6 Å². The molecule has 0 radical (unpaired) electrons. The molecule has 1 fully saturated rings. The lowest BCUT2D eigenvalue weighted by molar-refractivity contribution is -0.153. The molecule has 1 saturated heterocycles. The molecule has 16 heavy (non-hydrogen) atoms. The van der Waals surface area contributed by atoms with E-state index in [1.165, 1.54) is 0 Å². The zero-order valence-electron chi connectivity index (χ0n) is 10.5. The monoisotopic (exact) mass is 226 g/mol. The van der Waals surface area contributed by atoms with E-state index in [1.54, 1.807) is 9.80 Å². The van der Waals surface area contributed by atoms with Gasteiger partial charge in [-0.1, -0.05) is 0 Å². The molecule has 2 amide bonds. The van der Waals surface area contributed by atoms with E-state index in [2.05, 4.69) is 0 Å². The molecule has 0 aromatic carbocycles. The third-order valence-corrected chi connectivity index (χ3v) is 3.30. The number of carbonyl (C=O) groups is 2. The van der Waals surface area contributed by atoms with Crippen molar-refractivity contribution in [2.45, 2.75) is 46.1 Å². The normalized spacial score (nSPS) is 20.7. The Kier molecular flexibility index (Phi) is 4.77. The Morgan fingerprint density at radius 2 is 1.88 bits per heavy atom. The first-order valence-corrected chi connectivity index (χ1v) is 6.21. The lowest BCUT2D eigenvalue weighted by Gasteiger charge is -2.34. The summed E-state index contributed by atoms with van der Waals surface area (Å²) < 4.78 is 0. The van der Waals surface area contributed by atoms with E-state index in [9.17, 15) is 9.59 Å².